The maximum absolute atomic E-state index is 13.3. The standard InChI is InChI=1S/C32H59N3O5/c1-8-9-10-11-12-13-14-15-16-17-25-21-29(36)33-26(18-22(2)3)30(37)34-27(19-23(4)5)31(38)35-28(20-24(6)7)32(39)40-25/h22-28H,8-21H2,1-7H3,(H,33,36)(H,34,37)(H,35,38)/t25-,26+,27-,28+/m1/s1. The summed E-state index contributed by atoms with van der Waals surface area (Å²) in [6, 6.07) is -2.40. The van der Waals surface area contributed by atoms with Crippen LogP contribution in [-0.2, 0) is 23.9 Å². The molecule has 0 aromatic carbocycles. The fourth-order valence-electron chi connectivity index (χ4n) is 5.23. The maximum atomic E-state index is 13.3. The van der Waals surface area contributed by atoms with Gasteiger partial charge in [-0.1, -0.05) is 99.8 Å². The number of carbonyl (C=O) groups is 4. The van der Waals surface area contributed by atoms with Crippen molar-refractivity contribution in [2.75, 3.05) is 0 Å². The summed E-state index contributed by atoms with van der Waals surface area (Å²) in [7, 11) is 0. The topological polar surface area (TPSA) is 114 Å². The van der Waals surface area contributed by atoms with E-state index in [4.69, 9.17) is 4.74 Å². The molecule has 0 aliphatic carbocycles. The fourth-order valence-corrected chi connectivity index (χ4v) is 5.23. The normalized spacial score (nSPS) is 23.2. The predicted octanol–water partition coefficient (Wildman–Crippen LogP) is 5.82. The number of cyclic esters (lactones) is 1. The van der Waals surface area contributed by atoms with Crippen LogP contribution in [0.3, 0.4) is 0 Å². The molecule has 8 heteroatoms. The van der Waals surface area contributed by atoms with Crippen molar-refractivity contribution in [1.29, 1.82) is 0 Å². The number of rotatable bonds is 16. The number of ether oxygens (including phenoxy) is 1. The van der Waals surface area contributed by atoms with E-state index in [1.807, 2.05) is 41.5 Å². The zero-order valence-electron chi connectivity index (χ0n) is 26.5. The van der Waals surface area contributed by atoms with E-state index < -0.39 is 36.1 Å². The van der Waals surface area contributed by atoms with Gasteiger partial charge in [0.05, 0.1) is 6.42 Å². The van der Waals surface area contributed by atoms with Crippen LogP contribution in [-0.4, -0.2) is 47.9 Å². The smallest absolute Gasteiger partial charge is 0.328 e. The molecule has 4 atom stereocenters. The molecule has 0 aromatic heterocycles. The van der Waals surface area contributed by atoms with Crippen molar-refractivity contribution in [2.45, 2.75) is 163 Å². The van der Waals surface area contributed by atoms with Crippen LogP contribution >= 0.6 is 0 Å². The van der Waals surface area contributed by atoms with Crippen LogP contribution in [0.15, 0.2) is 0 Å². The van der Waals surface area contributed by atoms with Crippen molar-refractivity contribution in [3.05, 3.63) is 0 Å². The van der Waals surface area contributed by atoms with Crippen LogP contribution in [0.2, 0.25) is 0 Å². The van der Waals surface area contributed by atoms with E-state index in [2.05, 4.69) is 22.9 Å². The maximum Gasteiger partial charge on any atom is 0.328 e. The van der Waals surface area contributed by atoms with Crippen molar-refractivity contribution in [3.8, 4) is 0 Å². The Morgan fingerprint density at radius 3 is 1.55 bits per heavy atom. The fraction of sp³-hybridized carbons (Fsp3) is 0.875. The molecule has 1 aliphatic heterocycles. The Labute approximate surface area is 243 Å². The SMILES string of the molecule is CCCCCCCCCCC[C@@H]1CC(=O)N[C@@H](CC(C)C)C(=O)N[C@H](CC(C)C)C(=O)N[C@@H](CC(C)C)C(=O)O1. The lowest BCUT2D eigenvalue weighted by atomic mass is 9.99. The molecule has 0 bridgehead atoms. The third kappa shape index (κ3) is 15.6. The molecule has 0 unspecified atom stereocenters. The largest absolute Gasteiger partial charge is 0.460 e. The third-order valence-electron chi connectivity index (χ3n) is 7.33. The van der Waals surface area contributed by atoms with Crippen LogP contribution in [0.25, 0.3) is 0 Å². The van der Waals surface area contributed by atoms with Crippen LogP contribution in [0.4, 0.5) is 0 Å². The van der Waals surface area contributed by atoms with Crippen molar-refractivity contribution < 1.29 is 23.9 Å². The molecule has 0 spiro atoms. The molecule has 1 heterocycles. The van der Waals surface area contributed by atoms with Gasteiger partial charge in [-0.3, -0.25) is 14.4 Å². The minimum Gasteiger partial charge on any atom is -0.460 e. The highest BCUT2D eigenvalue weighted by Gasteiger charge is 2.33. The highest BCUT2D eigenvalue weighted by atomic mass is 16.5. The van der Waals surface area contributed by atoms with Crippen LogP contribution in [0.1, 0.15) is 138 Å². The second-order valence-electron chi connectivity index (χ2n) is 13.0. The van der Waals surface area contributed by atoms with Gasteiger partial charge in [-0.15, -0.1) is 0 Å². The van der Waals surface area contributed by atoms with E-state index >= 15 is 0 Å². The minimum atomic E-state index is -0.833. The van der Waals surface area contributed by atoms with Gasteiger partial charge in [-0.25, -0.2) is 4.79 Å². The summed E-state index contributed by atoms with van der Waals surface area (Å²) >= 11 is 0. The lowest BCUT2D eigenvalue weighted by Crippen LogP contribution is -2.56. The van der Waals surface area contributed by atoms with E-state index in [0.29, 0.717) is 25.7 Å². The first kappa shape index (κ1) is 35.9. The second kappa shape index (κ2) is 19.9. The highest BCUT2D eigenvalue weighted by Crippen LogP contribution is 2.18. The summed E-state index contributed by atoms with van der Waals surface area (Å²) in [5, 5.41) is 8.61. The first-order valence-electron chi connectivity index (χ1n) is 16.0. The summed E-state index contributed by atoms with van der Waals surface area (Å²) in [5.74, 6) is -1.14. The lowest BCUT2D eigenvalue weighted by molar-refractivity contribution is -0.155. The highest BCUT2D eigenvalue weighted by molar-refractivity contribution is 5.94. The van der Waals surface area contributed by atoms with Crippen molar-refractivity contribution in [1.82, 2.24) is 16.0 Å². The summed E-state index contributed by atoms with van der Waals surface area (Å²) in [4.78, 5) is 53.1. The number of unbranched alkanes of at least 4 members (excludes halogenated alkanes) is 8. The van der Waals surface area contributed by atoms with Crippen LogP contribution in [0, 0.1) is 17.8 Å². The van der Waals surface area contributed by atoms with Crippen molar-refractivity contribution >= 4 is 23.7 Å². The van der Waals surface area contributed by atoms with Crippen molar-refractivity contribution in [2.24, 2.45) is 17.8 Å². The van der Waals surface area contributed by atoms with Gasteiger partial charge in [-0.05, 0) is 49.9 Å². The predicted molar refractivity (Wildman–Crippen MR) is 160 cm³/mol. The van der Waals surface area contributed by atoms with E-state index in [1.165, 1.54) is 38.5 Å². The number of carbonyl (C=O) groups excluding carboxylic acids is 4. The van der Waals surface area contributed by atoms with Crippen LogP contribution < -0.4 is 16.0 Å². The number of amides is 3. The molecular weight excluding hydrogens is 506 g/mol. The van der Waals surface area contributed by atoms with Gasteiger partial charge in [0.25, 0.3) is 0 Å². The quantitative estimate of drug-likeness (QED) is 0.161. The molecule has 40 heavy (non-hydrogen) atoms. The molecule has 0 radical (unpaired) electrons. The first-order valence-corrected chi connectivity index (χ1v) is 16.0. The summed E-state index contributed by atoms with van der Waals surface area (Å²) < 4.78 is 5.91. The molecule has 3 amide bonds. The van der Waals surface area contributed by atoms with E-state index in [1.54, 1.807) is 0 Å². The minimum absolute atomic E-state index is 0.00238. The molecule has 1 fully saturated rings. The Morgan fingerprint density at radius 1 is 0.625 bits per heavy atom. The average molecular weight is 566 g/mol. The summed E-state index contributed by atoms with van der Waals surface area (Å²) in [5.41, 5.74) is 0. The zero-order valence-corrected chi connectivity index (χ0v) is 26.5. The third-order valence-corrected chi connectivity index (χ3v) is 7.33. The van der Waals surface area contributed by atoms with Gasteiger partial charge < -0.3 is 20.7 Å². The van der Waals surface area contributed by atoms with Gasteiger partial charge >= 0.3 is 5.97 Å². The van der Waals surface area contributed by atoms with Gasteiger partial charge in [-0.2, -0.15) is 0 Å². The Kier molecular flexibility index (Phi) is 17.8. The number of hydrogen-bond donors (Lipinski definition) is 3. The Bertz CT molecular complexity index is 768. The molecule has 232 valence electrons. The summed E-state index contributed by atoms with van der Waals surface area (Å²) in [6.45, 7) is 14.1. The lowest BCUT2D eigenvalue weighted by Gasteiger charge is -2.26. The molecule has 0 saturated carbocycles. The Morgan fingerprint density at radius 2 is 1.05 bits per heavy atom. The summed E-state index contributed by atoms with van der Waals surface area (Å²) in [6.07, 6.45) is 11.8. The van der Waals surface area contributed by atoms with Crippen LogP contribution in [0.5, 0.6) is 0 Å². The number of nitrogens with one attached hydrogen (secondary N) is 3. The van der Waals surface area contributed by atoms with Gasteiger partial charge in [0.2, 0.25) is 17.7 Å². The monoisotopic (exact) mass is 565 g/mol. The molecule has 0 aromatic rings. The molecule has 3 N–H and O–H groups in total. The molecular formula is C32H59N3O5. The van der Waals surface area contributed by atoms with Crippen molar-refractivity contribution in [3.63, 3.8) is 0 Å². The van der Waals surface area contributed by atoms with E-state index in [-0.39, 0.29) is 36.0 Å². The molecule has 1 saturated heterocycles. The Balaban J connectivity index is 3.05. The van der Waals surface area contributed by atoms with E-state index in [0.717, 1.165) is 19.3 Å². The first-order chi connectivity index (χ1) is 18.9. The van der Waals surface area contributed by atoms with Gasteiger partial charge in [0.15, 0.2) is 0 Å². The zero-order chi connectivity index (χ0) is 30.1. The van der Waals surface area contributed by atoms with Gasteiger partial charge in [0.1, 0.15) is 24.2 Å². The van der Waals surface area contributed by atoms with Gasteiger partial charge in [0, 0.05) is 0 Å². The number of esters is 1. The van der Waals surface area contributed by atoms with E-state index in [9.17, 15) is 19.2 Å². The molecule has 1 rings (SSSR count). The second-order valence-corrected chi connectivity index (χ2v) is 13.0. The Hall–Kier alpha value is -2.12. The average Bonchev–Trinajstić information content (AvgIpc) is 2.85. The number of hydrogen-bond acceptors (Lipinski definition) is 5. The molecule has 8 nitrogen and oxygen atoms in total. The molecule has 1 aliphatic rings.